The zero-order valence-electron chi connectivity index (χ0n) is 12.0. The van der Waals surface area contributed by atoms with E-state index in [9.17, 15) is 21.9 Å². The van der Waals surface area contributed by atoms with Crippen molar-refractivity contribution < 1.29 is 21.9 Å². The highest BCUT2D eigenvalue weighted by Crippen LogP contribution is 2.31. The maximum absolute atomic E-state index is 12.7. The second-order valence-electron chi connectivity index (χ2n) is 4.92. The van der Waals surface area contributed by atoms with E-state index >= 15 is 0 Å². The van der Waals surface area contributed by atoms with Gasteiger partial charge in [-0.3, -0.25) is 9.97 Å². The first kappa shape index (κ1) is 16.3. The van der Waals surface area contributed by atoms with Gasteiger partial charge in [0, 0.05) is 23.8 Å². The molecule has 5 nitrogen and oxygen atoms in total. The van der Waals surface area contributed by atoms with Crippen molar-refractivity contribution >= 4 is 27.0 Å². The summed E-state index contributed by atoms with van der Waals surface area (Å²) in [5.74, 6) is 0. The van der Waals surface area contributed by atoms with Crippen molar-refractivity contribution in [3.8, 4) is 0 Å². The van der Waals surface area contributed by atoms with E-state index in [1.165, 1.54) is 12.3 Å². The number of benzene rings is 1. The van der Waals surface area contributed by atoms with Crippen molar-refractivity contribution in [3.63, 3.8) is 0 Å². The van der Waals surface area contributed by atoms with Gasteiger partial charge < -0.3 is 0 Å². The monoisotopic (exact) mass is 354 g/mol. The van der Waals surface area contributed by atoms with Crippen molar-refractivity contribution in [2.45, 2.75) is 11.1 Å². The molecule has 2 heterocycles. The van der Waals surface area contributed by atoms with Gasteiger partial charge in [0.1, 0.15) is 5.69 Å². The average molecular weight is 354 g/mol. The summed E-state index contributed by atoms with van der Waals surface area (Å²) in [5, 5.41) is 0.722. The third-order valence-corrected chi connectivity index (χ3v) is 4.60. The van der Waals surface area contributed by atoms with Crippen LogP contribution in [0.5, 0.6) is 0 Å². The number of para-hydroxylation sites is 1. The van der Waals surface area contributed by atoms with Gasteiger partial charge in [-0.1, -0.05) is 18.2 Å². The zero-order valence-corrected chi connectivity index (χ0v) is 12.8. The van der Waals surface area contributed by atoms with E-state index in [4.69, 9.17) is 0 Å². The fourth-order valence-electron chi connectivity index (χ4n) is 2.12. The number of hydrogen-bond acceptors (Lipinski definition) is 3. The summed E-state index contributed by atoms with van der Waals surface area (Å²) in [4.78, 5) is 7.06. The summed E-state index contributed by atoms with van der Waals surface area (Å²) in [5.41, 5.74) is -0.431. The summed E-state index contributed by atoms with van der Waals surface area (Å²) in [7, 11) is -3.99. The van der Waals surface area contributed by atoms with Gasteiger partial charge >= 0.3 is 16.6 Å². The topological polar surface area (TPSA) is 75.1 Å². The Hall–Kier alpha value is -2.52. The number of hydrogen-bond donors (Lipinski definition) is 2. The van der Waals surface area contributed by atoms with Gasteiger partial charge in [-0.25, -0.2) is 0 Å². The van der Waals surface area contributed by atoms with E-state index in [2.05, 4.69) is 14.7 Å². The molecule has 0 aliphatic rings. The highest BCUT2D eigenvalue weighted by atomic mass is 32.3. The number of nitrogens with zero attached hydrogens (tertiary/aromatic N) is 2. The van der Waals surface area contributed by atoms with Crippen molar-refractivity contribution in [3.05, 3.63) is 60.6 Å². The lowest BCUT2D eigenvalue weighted by Crippen LogP contribution is -2.22. The molecule has 0 aliphatic carbocycles. The van der Waals surface area contributed by atoms with Crippen molar-refractivity contribution in [1.82, 2.24) is 9.97 Å². The maximum Gasteiger partial charge on any atom is 0.418 e. The normalized spacial score (nSPS) is 14.3. The molecular weight excluding hydrogens is 343 g/mol. The van der Waals surface area contributed by atoms with Crippen LogP contribution in [0.2, 0.25) is 0 Å². The van der Waals surface area contributed by atoms with Crippen LogP contribution in [0.4, 0.5) is 18.9 Å². The highest BCUT2D eigenvalue weighted by Gasteiger charge is 2.37. The largest absolute Gasteiger partial charge is 0.418 e. The minimum Gasteiger partial charge on any atom is -0.259 e. The quantitative estimate of drug-likeness (QED) is 0.697. The van der Waals surface area contributed by atoms with Gasteiger partial charge in [-0.15, -0.1) is 0 Å². The molecule has 0 fully saturated rings. The van der Waals surface area contributed by atoms with Crippen LogP contribution in [-0.2, 0) is 20.8 Å². The molecule has 3 aromatic rings. The predicted molar refractivity (Wildman–Crippen MR) is 83.6 cm³/mol. The lowest BCUT2D eigenvalue weighted by Gasteiger charge is -2.10. The van der Waals surface area contributed by atoms with Crippen LogP contribution < -0.4 is 4.72 Å². The number of pyridine rings is 2. The molecule has 0 aliphatic heterocycles. The molecule has 2 N–H and O–H groups in total. The van der Waals surface area contributed by atoms with Gasteiger partial charge in [0.15, 0.2) is 0 Å². The smallest absolute Gasteiger partial charge is 0.259 e. The third kappa shape index (κ3) is 3.22. The summed E-state index contributed by atoms with van der Waals surface area (Å²) in [6, 6.07) is 9.00. The number of rotatable bonds is 3. The van der Waals surface area contributed by atoms with E-state index in [0.717, 1.165) is 11.6 Å². The van der Waals surface area contributed by atoms with Crippen molar-refractivity contribution in [2.24, 2.45) is 0 Å². The molecule has 3 rings (SSSR count). The molecule has 0 saturated carbocycles. The molecule has 0 saturated heterocycles. The molecular formula is C15H11F3N3O2S+. The van der Waals surface area contributed by atoms with Crippen LogP contribution in [0.25, 0.3) is 10.9 Å². The Labute approximate surface area is 136 Å². The first-order valence-corrected chi connectivity index (χ1v) is 8.19. The van der Waals surface area contributed by atoms with E-state index < -0.39 is 27.0 Å². The number of anilines is 1. The van der Waals surface area contributed by atoms with Crippen molar-refractivity contribution in [2.75, 3.05) is 4.72 Å². The molecule has 1 aromatic carbocycles. The number of nitrogens with one attached hydrogen (secondary N) is 1. The van der Waals surface area contributed by atoms with Gasteiger partial charge in [0.25, 0.3) is 0 Å². The number of alkyl halides is 3. The Morgan fingerprint density at radius 3 is 2.62 bits per heavy atom. The molecule has 0 radical (unpaired) electrons. The molecule has 0 spiro atoms. The molecule has 124 valence electrons. The Kier molecular flexibility index (Phi) is 3.98. The van der Waals surface area contributed by atoms with Gasteiger partial charge in [-0.2, -0.15) is 22.4 Å². The first-order valence-electron chi connectivity index (χ1n) is 6.68. The van der Waals surface area contributed by atoms with Crippen LogP contribution >= 0.6 is 0 Å². The summed E-state index contributed by atoms with van der Waals surface area (Å²) >= 11 is 0. The fourth-order valence-corrected chi connectivity index (χ4v) is 3.19. The molecule has 0 amide bonds. The lowest BCUT2D eigenvalue weighted by molar-refractivity contribution is -0.138. The first-order chi connectivity index (χ1) is 11.3. The van der Waals surface area contributed by atoms with E-state index in [1.807, 2.05) is 0 Å². The Balaban J connectivity index is 2.01. The molecule has 1 atom stereocenters. The minimum atomic E-state index is -4.65. The predicted octanol–water partition coefficient (Wildman–Crippen LogP) is 4.01. The van der Waals surface area contributed by atoms with E-state index in [1.54, 1.807) is 24.3 Å². The van der Waals surface area contributed by atoms with Crippen molar-refractivity contribution in [1.29, 1.82) is 0 Å². The standard InChI is InChI=1S/C15H10F3N3O2S/c16-15(17,18)11-7-12(9-19-8-11)24(22,23)21-13-5-1-3-10-4-2-6-20-14(10)13/h1-9H,(H-,21,22,23)/p+1. The fraction of sp³-hybridized carbons (Fsp3) is 0.0667. The lowest BCUT2D eigenvalue weighted by atomic mass is 10.2. The zero-order chi connectivity index (χ0) is 17.4. The van der Waals surface area contributed by atoms with Crippen LogP contribution in [0, 0.1) is 0 Å². The van der Waals surface area contributed by atoms with Crippen LogP contribution in [0.15, 0.2) is 59.9 Å². The number of fused-ring (bicyclic) bond motifs is 1. The maximum atomic E-state index is 12.7. The Morgan fingerprint density at radius 1 is 1.12 bits per heavy atom. The summed E-state index contributed by atoms with van der Waals surface area (Å²) < 4.78 is 63.3. The molecule has 2 aromatic heterocycles. The van der Waals surface area contributed by atoms with Gasteiger partial charge in [-0.05, 0) is 16.3 Å². The molecule has 0 bridgehead atoms. The minimum absolute atomic E-state index is 0.234. The second-order valence-corrected chi connectivity index (χ2v) is 6.64. The Morgan fingerprint density at radius 2 is 1.88 bits per heavy atom. The van der Waals surface area contributed by atoms with Gasteiger partial charge in [0.05, 0.1) is 17.3 Å². The molecule has 1 unspecified atom stereocenters. The molecule has 9 heteroatoms. The Bertz CT molecular complexity index is 941. The van der Waals surface area contributed by atoms with E-state index in [-0.39, 0.29) is 5.69 Å². The summed E-state index contributed by atoms with van der Waals surface area (Å²) in [6.07, 6.45) is -1.63. The second kappa shape index (κ2) is 5.84. The van der Waals surface area contributed by atoms with Gasteiger partial charge in [0.2, 0.25) is 4.90 Å². The van der Waals surface area contributed by atoms with Crippen LogP contribution in [0.1, 0.15) is 5.56 Å². The van der Waals surface area contributed by atoms with E-state index in [0.29, 0.717) is 17.8 Å². The SMILES string of the molecule is O=[S+](O)(Nc1cccc2cccnc12)c1cncc(C(F)(F)F)c1. The van der Waals surface area contributed by atoms with Crippen LogP contribution in [0.3, 0.4) is 0 Å². The van der Waals surface area contributed by atoms with Crippen LogP contribution in [-0.4, -0.2) is 14.5 Å². The highest BCUT2D eigenvalue weighted by molar-refractivity contribution is 7.99. The number of aromatic nitrogens is 2. The average Bonchev–Trinajstić information content (AvgIpc) is 2.54. The molecule has 24 heavy (non-hydrogen) atoms. The summed E-state index contributed by atoms with van der Waals surface area (Å²) in [6.45, 7) is 0. The number of halogens is 3. The third-order valence-electron chi connectivity index (χ3n) is 3.24.